The van der Waals surface area contributed by atoms with E-state index in [2.05, 4.69) is 24.0 Å². The maximum atomic E-state index is 13.1. The molecular formula is C20H27NO3. The van der Waals surface area contributed by atoms with E-state index < -0.39 is 5.97 Å². The predicted octanol–water partition coefficient (Wildman–Crippen LogP) is 3.70. The molecule has 0 bridgehead atoms. The average molecular weight is 329 g/mol. The van der Waals surface area contributed by atoms with E-state index in [4.69, 9.17) is 5.11 Å². The Kier molecular flexibility index (Phi) is 5.22. The third kappa shape index (κ3) is 3.97. The fraction of sp³-hybridized carbons (Fsp3) is 0.600. The number of carbonyl (C=O) groups excluding carboxylic acids is 1. The zero-order valence-corrected chi connectivity index (χ0v) is 14.4. The second-order valence-electron chi connectivity index (χ2n) is 7.42. The molecule has 0 aromatic heterocycles. The van der Waals surface area contributed by atoms with Gasteiger partial charge in [0.15, 0.2) is 0 Å². The quantitative estimate of drug-likeness (QED) is 0.865. The van der Waals surface area contributed by atoms with Gasteiger partial charge in [0, 0.05) is 18.5 Å². The predicted molar refractivity (Wildman–Crippen MR) is 92.3 cm³/mol. The van der Waals surface area contributed by atoms with Gasteiger partial charge >= 0.3 is 5.97 Å². The second-order valence-corrected chi connectivity index (χ2v) is 7.42. The molecule has 1 atom stereocenters. The molecular weight excluding hydrogens is 302 g/mol. The molecule has 0 spiro atoms. The van der Waals surface area contributed by atoms with Gasteiger partial charge < -0.3 is 10.0 Å². The Morgan fingerprint density at radius 3 is 2.17 bits per heavy atom. The van der Waals surface area contributed by atoms with Gasteiger partial charge in [-0.05, 0) is 56.9 Å². The number of nitrogens with zero attached hydrogens (tertiary/aromatic N) is 1. The van der Waals surface area contributed by atoms with E-state index in [1.807, 2.05) is 18.2 Å². The first kappa shape index (κ1) is 17.0. The van der Waals surface area contributed by atoms with E-state index >= 15 is 0 Å². The fourth-order valence-corrected chi connectivity index (χ4v) is 3.86. The van der Waals surface area contributed by atoms with Gasteiger partial charge in [-0.2, -0.15) is 0 Å². The van der Waals surface area contributed by atoms with Crippen LogP contribution in [0.4, 0.5) is 0 Å². The Bertz CT molecular complexity index is 574. The molecule has 2 aliphatic rings. The summed E-state index contributed by atoms with van der Waals surface area (Å²) in [4.78, 5) is 26.3. The van der Waals surface area contributed by atoms with Gasteiger partial charge in [0.2, 0.25) is 5.91 Å². The van der Waals surface area contributed by atoms with Gasteiger partial charge in [-0.25, -0.2) is 0 Å². The van der Waals surface area contributed by atoms with Crippen LogP contribution < -0.4 is 0 Å². The number of carboxylic acids is 1. The molecule has 1 amide bonds. The van der Waals surface area contributed by atoms with Crippen molar-refractivity contribution in [1.29, 1.82) is 0 Å². The first-order valence-electron chi connectivity index (χ1n) is 9.13. The van der Waals surface area contributed by atoms with E-state index in [0.29, 0.717) is 38.1 Å². The van der Waals surface area contributed by atoms with Crippen molar-refractivity contribution >= 4 is 11.9 Å². The maximum Gasteiger partial charge on any atom is 0.306 e. The smallest absolute Gasteiger partial charge is 0.306 e. The summed E-state index contributed by atoms with van der Waals surface area (Å²) in [6.45, 7) is 2.83. The first-order chi connectivity index (χ1) is 11.6. The van der Waals surface area contributed by atoms with Crippen molar-refractivity contribution in [2.75, 3.05) is 0 Å². The molecule has 130 valence electrons. The average Bonchev–Trinajstić information content (AvgIpc) is 3.44. The SMILES string of the molecule is CC(C1CC1)N(Cc1ccccc1)C(=O)C1CCC(C(=O)O)CC1. The van der Waals surface area contributed by atoms with Crippen molar-refractivity contribution < 1.29 is 14.7 Å². The van der Waals surface area contributed by atoms with Crippen molar-refractivity contribution in [3.63, 3.8) is 0 Å². The number of hydrogen-bond acceptors (Lipinski definition) is 2. The summed E-state index contributed by atoms with van der Waals surface area (Å²) in [7, 11) is 0. The lowest BCUT2D eigenvalue weighted by Gasteiger charge is -2.35. The number of benzene rings is 1. The Labute approximate surface area is 143 Å². The van der Waals surface area contributed by atoms with E-state index in [1.165, 1.54) is 12.8 Å². The maximum absolute atomic E-state index is 13.1. The van der Waals surface area contributed by atoms with Gasteiger partial charge in [-0.1, -0.05) is 30.3 Å². The molecule has 0 radical (unpaired) electrons. The molecule has 2 aliphatic carbocycles. The van der Waals surface area contributed by atoms with Crippen molar-refractivity contribution in [3.8, 4) is 0 Å². The molecule has 3 rings (SSSR count). The zero-order valence-electron chi connectivity index (χ0n) is 14.4. The van der Waals surface area contributed by atoms with Crippen LogP contribution in [0.3, 0.4) is 0 Å². The normalized spacial score (nSPS) is 25.0. The van der Waals surface area contributed by atoms with Crippen molar-refractivity contribution in [2.45, 2.75) is 58.0 Å². The zero-order chi connectivity index (χ0) is 17.1. The molecule has 0 heterocycles. The standard InChI is InChI=1S/C20H27NO3/c1-14(16-7-8-16)21(13-15-5-3-2-4-6-15)19(22)17-9-11-18(12-10-17)20(23)24/h2-6,14,16-18H,7-13H2,1H3,(H,23,24). The molecule has 4 nitrogen and oxygen atoms in total. The van der Waals surface area contributed by atoms with Crippen LogP contribution in [-0.2, 0) is 16.1 Å². The van der Waals surface area contributed by atoms with Gasteiger partial charge in [-0.15, -0.1) is 0 Å². The summed E-state index contributed by atoms with van der Waals surface area (Å²) in [5, 5.41) is 9.14. The second kappa shape index (κ2) is 7.37. The third-order valence-corrected chi connectivity index (χ3v) is 5.70. The molecule has 0 aliphatic heterocycles. The summed E-state index contributed by atoms with van der Waals surface area (Å²) in [5.74, 6) is -0.133. The largest absolute Gasteiger partial charge is 0.481 e. The number of hydrogen-bond donors (Lipinski definition) is 1. The van der Waals surface area contributed by atoms with Crippen molar-refractivity contribution in [3.05, 3.63) is 35.9 Å². The Morgan fingerprint density at radius 1 is 1.04 bits per heavy atom. The van der Waals surface area contributed by atoms with Crippen LogP contribution in [0, 0.1) is 17.8 Å². The lowest BCUT2D eigenvalue weighted by molar-refractivity contribution is -0.146. The molecule has 0 saturated heterocycles. The van der Waals surface area contributed by atoms with Crippen LogP contribution in [0.5, 0.6) is 0 Å². The van der Waals surface area contributed by atoms with E-state index in [1.54, 1.807) is 0 Å². The van der Waals surface area contributed by atoms with Gasteiger partial charge in [0.1, 0.15) is 0 Å². The van der Waals surface area contributed by atoms with Crippen LogP contribution in [0.2, 0.25) is 0 Å². The summed E-state index contributed by atoms with van der Waals surface area (Å²) in [5.41, 5.74) is 1.16. The van der Waals surface area contributed by atoms with Gasteiger partial charge in [-0.3, -0.25) is 9.59 Å². The Balaban J connectivity index is 1.68. The highest BCUT2D eigenvalue weighted by Crippen LogP contribution is 2.38. The molecule has 1 aromatic carbocycles. The lowest BCUT2D eigenvalue weighted by Crippen LogP contribution is -2.44. The lowest BCUT2D eigenvalue weighted by atomic mass is 9.81. The molecule has 4 heteroatoms. The van der Waals surface area contributed by atoms with Crippen molar-refractivity contribution in [2.24, 2.45) is 17.8 Å². The van der Waals surface area contributed by atoms with Crippen LogP contribution in [0.15, 0.2) is 30.3 Å². The van der Waals surface area contributed by atoms with Crippen molar-refractivity contribution in [1.82, 2.24) is 4.90 Å². The number of rotatable bonds is 6. The molecule has 2 fully saturated rings. The molecule has 1 aromatic rings. The molecule has 1 N–H and O–H groups in total. The summed E-state index contributed by atoms with van der Waals surface area (Å²) in [6.07, 6.45) is 5.10. The summed E-state index contributed by atoms with van der Waals surface area (Å²) in [6, 6.07) is 10.4. The summed E-state index contributed by atoms with van der Waals surface area (Å²) >= 11 is 0. The molecule has 2 saturated carbocycles. The minimum Gasteiger partial charge on any atom is -0.481 e. The van der Waals surface area contributed by atoms with Crippen LogP contribution in [0.25, 0.3) is 0 Å². The van der Waals surface area contributed by atoms with Crippen LogP contribution in [0.1, 0.15) is 51.0 Å². The Morgan fingerprint density at radius 2 is 1.62 bits per heavy atom. The monoisotopic (exact) mass is 329 g/mol. The summed E-state index contributed by atoms with van der Waals surface area (Å²) < 4.78 is 0. The number of carbonyl (C=O) groups is 2. The molecule has 24 heavy (non-hydrogen) atoms. The first-order valence-corrected chi connectivity index (χ1v) is 9.13. The minimum absolute atomic E-state index is 0.00878. The molecule has 1 unspecified atom stereocenters. The highest BCUT2D eigenvalue weighted by Gasteiger charge is 2.38. The topological polar surface area (TPSA) is 57.6 Å². The fourth-order valence-electron chi connectivity index (χ4n) is 3.86. The van der Waals surface area contributed by atoms with Gasteiger partial charge in [0.25, 0.3) is 0 Å². The number of amides is 1. The van der Waals surface area contributed by atoms with Crippen LogP contribution in [-0.4, -0.2) is 27.9 Å². The highest BCUT2D eigenvalue weighted by atomic mass is 16.4. The van der Waals surface area contributed by atoms with E-state index in [9.17, 15) is 9.59 Å². The van der Waals surface area contributed by atoms with E-state index in [-0.39, 0.29) is 23.8 Å². The number of aliphatic carboxylic acids is 1. The third-order valence-electron chi connectivity index (χ3n) is 5.70. The number of carboxylic acid groups (broad SMARTS) is 1. The van der Waals surface area contributed by atoms with Crippen LogP contribution >= 0.6 is 0 Å². The highest BCUT2D eigenvalue weighted by molar-refractivity contribution is 5.80. The minimum atomic E-state index is -0.714. The van der Waals surface area contributed by atoms with E-state index in [0.717, 1.165) is 5.56 Å². The Hall–Kier alpha value is -1.84. The van der Waals surface area contributed by atoms with Gasteiger partial charge in [0.05, 0.1) is 5.92 Å².